The van der Waals surface area contributed by atoms with Crippen molar-refractivity contribution in [3.8, 4) is 0 Å². The lowest BCUT2D eigenvalue weighted by atomic mass is 9.80. The maximum Gasteiger partial charge on any atom is 0.321 e. The first kappa shape index (κ1) is 28.9. The van der Waals surface area contributed by atoms with E-state index in [1.54, 1.807) is 6.92 Å². The SMILES string of the molecule is CCCCCCCCCCN(CCCO)CCCCCCC(CC)(C(=O)O)C(=O)O. The number of rotatable bonds is 22. The van der Waals surface area contributed by atoms with Gasteiger partial charge in [-0.3, -0.25) is 9.59 Å². The normalized spacial score (nSPS) is 11.9. The topological polar surface area (TPSA) is 98.1 Å². The summed E-state index contributed by atoms with van der Waals surface area (Å²) in [7, 11) is 0. The second-order valence-electron chi connectivity index (χ2n) is 8.60. The van der Waals surface area contributed by atoms with E-state index in [0.29, 0.717) is 6.42 Å². The summed E-state index contributed by atoms with van der Waals surface area (Å²) in [5, 5.41) is 27.8. The van der Waals surface area contributed by atoms with Gasteiger partial charge in [0.25, 0.3) is 0 Å². The average molecular weight is 430 g/mol. The number of carbonyl (C=O) groups is 2. The molecule has 0 atom stereocenters. The molecule has 0 aromatic carbocycles. The van der Waals surface area contributed by atoms with E-state index in [1.165, 1.54) is 51.4 Å². The fourth-order valence-corrected chi connectivity index (χ4v) is 4.00. The molecule has 0 aliphatic rings. The Labute approximate surface area is 184 Å². The first-order valence-corrected chi connectivity index (χ1v) is 12.2. The Morgan fingerprint density at radius 3 is 1.53 bits per heavy atom. The van der Waals surface area contributed by atoms with E-state index >= 15 is 0 Å². The molecule has 0 aliphatic heterocycles. The summed E-state index contributed by atoms with van der Waals surface area (Å²) in [5.41, 5.74) is -1.64. The van der Waals surface area contributed by atoms with E-state index in [0.717, 1.165) is 45.3 Å². The van der Waals surface area contributed by atoms with Crippen LogP contribution >= 0.6 is 0 Å². The van der Waals surface area contributed by atoms with Crippen LogP contribution in [0.3, 0.4) is 0 Å². The highest BCUT2D eigenvalue weighted by Gasteiger charge is 2.44. The molecule has 0 aliphatic carbocycles. The molecular weight excluding hydrogens is 382 g/mol. The third kappa shape index (κ3) is 12.5. The second-order valence-corrected chi connectivity index (χ2v) is 8.60. The highest BCUT2D eigenvalue weighted by molar-refractivity contribution is 5.98. The van der Waals surface area contributed by atoms with Crippen LogP contribution in [0.4, 0.5) is 0 Å². The number of unbranched alkanes of at least 4 members (excludes halogenated alkanes) is 10. The molecule has 6 nitrogen and oxygen atoms in total. The Balaban J connectivity index is 4.03. The molecule has 0 heterocycles. The lowest BCUT2D eigenvalue weighted by molar-refractivity contribution is -0.165. The molecule has 0 bridgehead atoms. The zero-order chi connectivity index (χ0) is 22.7. The number of aliphatic hydroxyl groups excluding tert-OH is 1. The molecule has 0 rings (SSSR count). The van der Waals surface area contributed by atoms with Crippen molar-refractivity contribution in [3.05, 3.63) is 0 Å². The Hall–Kier alpha value is -1.14. The van der Waals surface area contributed by atoms with Gasteiger partial charge in [0.15, 0.2) is 5.41 Å². The number of carboxylic acid groups (broad SMARTS) is 2. The minimum Gasteiger partial charge on any atom is -0.480 e. The Kier molecular flexibility index (Phi) is 17.9. The number of carboxylic acids is 2. The summed E-state index contributed by atoms with van der Waals surface area (Å²) >= 11 is 0. The molecule has 0 amide bonds. The Bertz CT molecular complexity index is 427. The van der Waals surface area contributed by atoms with Crippen LogP contribution in [0.15, 0.2) is 0 Å². The number of aliphatic hydroxyl groups is 1. The van der Waals surface area contributed by atoms with Crippen molar-refractivity contribution in [2.45, 2.75) is 110 Å². The highest BCUT2D eigenvalue weighted by atomic mass is 16.4. The average Bonchev–Trinajstić information content (AvgIpc) is 2.72. The Morgan fingerprint density at radius 2 is 1.10 bits per heavy atom. The maximum atomic E-state index is 11.4. The van der Waals surface area contributed by atoms with Crippen LogP contribution in [0.25, 0.3) is 0 Å². The van der Waals surface area contributed by atoms with E-state index < -0.39 is 17.4 Å². The van der Waals surface area contributed by atoms with Gasteiger partial charge in [-0.2, -0.15) is 0 Å². The molecule has 0 unspecified atom stereocenters. The summed E-state index contributed by atoms with van der Waals surface area (Å²) < 4.78 is 0. The molecule has 6 heteroatoms. The van der Waals surface area contributed by atoms with Gasteiger partial charge in [-0.25, -0.2) is 0 Å². The predicted octanol–water partition coefficient (Wildman–Crippen LogP) is 5.33. The van der Waals surface area contributed by atoms with Gasteiger partial charge in [-0.15, -0.1) is 0 Å². The summed E-state index contributed by atoms with van der Waals surface area (Å²) in [4.78, 5) is 25.2. The molecule has 0 spiro atoms. The van der Waals surface area contributed by atoms with E-state index in [2.05, 4.69) is 11.8 Å². The van der Waals surface area contributed by atoms with Crippen molar-refractivity contribution in [2.24, 2.45) is 5.41 Å². The molecule has 0 fully saturated rings. The van der Waals surface area contributed by atoms with Crippen molar-refractivity contribution in [2.75, 3.05) is 26.2 Å². The van der Waals surface area contributed by atoms with Gasteiger partial charge in [-0.1, -0.05) is 78.1 Å². The zero-order valence-corrected chi connectivity index (χ0v) is 19.5. The van der Waals surface area contributed by atoms with Crippen LogP contribution in [0.5, 0.6) is 0 Å². The number of nitrogens with zero attached hydrogens (tertiary/aromatic N) is 1. The first-order chi connectivity index (χ1) is 14.4. The van der Waals surface area contributed by atoms with Crippen molar-refractivity contribution in [1.82, 2.24) is 4.90 Å². The molecule has 0 radical (unpaired) electrons. The second kappa shape index (κ2) is 18.6. The third-order valence-corrected chi connectivity index (χ3v) is 6.21. The third-order valence-electron chi connectivity index (χ3n) is 6.21. The van der Waals surface area contributed by atoms with Crippen molar-refractivity contribution >= 4 is 11.9 Å². The number of aliphatic carboxylic acids is 2. The summed E-state index contributed by atoms with van der Waals surface area (Å²) in [5.74, 6) is -2.45. The fraction of sp³-hybridized carbons (Fsp3) is 0.917. The first-order valence-electron chi connectivity index (χ1n) is 12.2. The fourth-order valence-electron chi connectivity index (χ4n) is 4.00. The summed E-state index contributed by atoms with van der Waals surface area (Å²) in [6.45, 7) is 7.08. The largest absolute Gasteiger partial charge is 0.480 e. The van der Waals surface area contributed by atoms with E-state index in [9.17, 15) is 19.8 Å². The van der Waals surface area contributed by atoms with Gasteiger partial charge in [0.05, 0.1) is 0 Å². The van der Waals surface area contributed by atoms with E-state index in [1.807, 2.05) is 0 Å². The maximum absolute atomic E-state index is 11.4. The highest BCUT2D eigenvalue weighted by Crippen LogP contribution is 2.30. The molecule has 0 aromatic heterocycles. The van der Waals surface area contributed by atoms with Gasteiger partial charge in [-0.05, 0) is 45.2 Å². The lowest BCUT2D eigenvalue weighted by Gasteiger charge is -2.23. The minimum atomic E-state index is -1.64. The quantitative estimate of drug-likeness (QED) is 0.159. The summed E-state index contributed by atoms with van der Waals surface area (Å²) in [6.07, 6.45) is 15.1. The lowest BCUT2D eigenvalue weighted by Crippen LogP contribution is -2.38. The van der Waals surface area contributed by atoms with Crippen LogP contribution in [0.1, 0.15) is 110 Å². The van der Waals surface area contributed by atoms with Crippen LogP contribution in [-0.2, 0) is 9.59 Å². The number of hydrogen-bond donors (Lipinski definition) is 3. The molecule has 0 saturated heterocycles. The van der Waals surface area contributed by atoms with E-state index in [4.69, 9.17) is 5.11 Å². The van der Waals surface area contributed by atoms with Crippen LogP contribution in [0.2, 0.25) is 0 Å². The van der Waals surface area contributed by atoms with Crippen molar-refractivity contribution in [3.63, 3.8) is 0 Å². The van der Waals surface area contributed by atoms with Gasteiger partial charge in [0, 0.05) is 13.2 Å². The van der Waals surface area contributed by atoms with Gasteiger partial charge >= 0.3 is 11.9 Å². The standard InChI is InChI=1S/C24H47NO5/c1-3-5-6-7-8-9-11-14-18-25(20-16-21-26)19-15-12-10-13-17-24(4-2,22(27)28)23(29)30/h26H,3-21H2,1-2H3,(H,27,28)(H,29,30). The van der Waals surface area contributed by atoms with Crippen LogP contribution < -0.4 is 0 Å². The predicted molar refractivity (Wildman–Crippen MR) is 122 cm³/mol. The number of hydrogen-bond acceptors (Lipinski definition) is 4. The van der Waals surface area contributed by atoms with Crippen LogP contribution in [0, 0.1) is 5.41 Å². The molecule has 0 aromatic rings. The molecule has 30 heavy (non-hydrogen) atoms. The van der Waals surface area contributed by atoms with E-state index in [-0.39, 0.29) is 19.4 Å². The van der Waals surface area contributed by atoms with Gasteiger partial charge in [0.2, 0.25) is 0 Å². The Morgan fingerprint density at radius 1 is 0.667 bits per heavy atom. The monoisotopic (exact) mass is 429 g/mol. The molecule has 3 N–H and O–H groups in total. The minimum absolute atomic E-state index is 0.116. The zero-order valence-electron chi connectivity index (χ0n) is 19.5. The summed E-state index contributed by atoms with van der Waals surface area (Å²) in [6, 6.07) is 0. The smallest absolute Gasteiger partial charge is 0.321 e. The van der Waals surface area contributed by atoms with Crippen molar-refractivity contribution in [1.29, 1.82) is 0 Å². The van der Waals surface area contributed by atoms with Gasteiger partial charge < -0.3 is 20.2 Å². The van der Waals surface area contributed by atoms with Crippen molar-refractivity contribution < 1.29 is 24.9 Å². The molecule has 0 saturated carbocycles. The van der Waals surface area contributed by atoms with Gasteiger partial charge in [0.1, 0.15) is 0 Å². The van der Waals surface area contributed by atoms with Crippen LogP contribution in [-0.4, -0.2) is 58.4 Å². The molecule has 178 valence electrons. The molecular formula is C24H47NO5.